The van der Waals surface area contributed by atoms with E-state index >= 15 is 0 Å². The summed E-state index contributed by atoms with van der Waals surface area (Å²) in [4.78, 5) is 0. The van der Waals surface area contributed by atoms with Crippen LogP contribution in [0, 0.1) is 0 Å². The fraction of sp³-hybridized carbons (Fsp3) is 0.333. The van der Waals surface area contributed by atoms with Crippen molar-refractivity contribution in [2.24, 2.45) is 0 Å². The van der Waals surface area contributed by atoms with Crippen LogP contribution >= 0.6 is 47.8 Å². The van der Waals surface area contributed by atoms with E-state index in [0.717, 1.165) is 4.47 Å². The van der Waals surface area contributed by atoms with Gasteiger partial charge in [-0.05, 0) is 50.9 Å². The summed E-state index contributed by atoms with van der Waals surface area (Å²) in [5.41, 5.74) is 0.411. The van der Waals surface area contributed by atoms with E-state index in [2.05, 4.69) is 52.5 Å². The van der Waals surface area contributed by atoms with Gasteiger partial charge in [-0.3, -0.25) is 4.72 Å². The van der Waals surface area contributed by atoms with E-state index < -0.39 is 21.9 Å². The number of hydrogen-bond donors (Lipinski definition) is 2. The first-order valence-corrected chi connectivity index (χ1v) is 8.47. The predicted octanol–water partition coefficient (Wildman–Crippen LogP) is 3.10. The van der Waals surface area contributed by atoms with Gasteiger partial charge in [0.2, 0.25) is 10.0 Å². The molecule has 1 aromatic carbocycles. The molecule has 0 saturated carbocycles. The van der Waals surface area contributed by atoms with Crippen molar-refractivity contribution < 1.29 is 13.5 Å². The zero-order valence-corrected chi connectivity index (χ0v) is 14.3. The van der Waals surface area contributed by atoms with Crippen LogP contribution in [-0.2, 0) is 10.0 Å². The minimum absolute atomic E-state index is 0.411. The van der Waals surface area contributed by atoms with E-state index in [1.165, 1.54) is 6.92 Å². The van der Waals surface area contributed by atoms with Crippen molar-refractivity contribution in [3.8, 4) is 0 Å². The first-order valence-electron chi connectivity index (χ1n) is 4.55. The van der Waals surface area contributed by atoms with Crippen molar-refractivity contribution >= 4 is 63.5 Å². The molecule has 2 N–H and O–H groups in total. The van der Waals surface area contributed by atoms with Crippen LogP contribution in [0.1, 0.15) is 6.92 Å². The third-order valence-corrected chi connectivity index (χ3v) is 5.44. The second-order valence-electron chi connectivity index (χ2n) is 3.38. The van der Waals surface area contributed by atoms with Gasteiger partial charge in [0.1, 0.15) is 5.25 Å². The quantitative estimate of drug-likeness (QED) is 0.739. The number of aliphatic hydroxyl groups is 1. The Bertz CT molecular complexity index is 495. The van der Waals surface area contributed by atoms with Gasteiger partial charge in [-0.25, -0.2) is 8.42 Å². The summed E-state index contributed by atoms with van der Waals surface area (Å²) in [6.07, 6.45) is 0. The minimum Gasteiger partial charge on any atom is -0.395 e. The minimum atomic E-state index is -3.60. The summed E-state index contributed by atoms with van der Waals surface area (Å²) in [6, 6.07) is 3.46. The van der Waals surface area contributed by atoms with Crippen molar-refractivity contribution in [1.29, 1.82) is 0 Å². The highest BCUT2D eigenvalue weighted by molar-refractivity contribution is 9.11. The van der Waals surface area contributed by atoms with Gasteiger partial charge in [-0.1, -0.05) is 15.9 Å². The van der Waals surface area contributed by atoms with E-state index in [4.69, 9.17) is 5.11 Å². The molecule has 1 atom stereocenters. The van der Waals surface area contributed by atoms with E-state index in [1.54, 1.807) is 12.1 Å². The van der Waals surface area contributed by atoms with Crippen LogP contribution < -0.4 is 4.72 Å². The molecule has 96 valence electrons. The van der Waals surface area contributed by atoms with Crippen molar-refractivity contribution in [1.82, 2.24) is 0 Å². The Morgan fingerprint density at radius 1 is 1.29 bits per heavy atom. The fourth-order valence-electron chi connectivity index (χ4n) is 0.981. The molecule has 1 aromatic rings. The molecule has 0 bridgehead atoms. The molecule has 0 amide bonds. The highest BCUT2D eigenvalue weighted by Gasteiger charge is 2.22. The number of anilines is 1. The highest BCUT2D eigenvalue weighted by atomic mass is 79.9. The normalized spacial score (nSPS) is 13.5. The summed E-state index contributed by atoms with van der Waals surface area (Å²) in [6.45, 7) is 1.00. The molecule has 0 aliphatic rings. The van der Waals surface area contributed by atoms with Crippen LogP contribution in [0.3, 0.4) is 0 Å². The number of benzene rings is 1. The molecule has 17 heavy (non-hydrogen) atoms. The largest absolute Gasteiger partial charge is 0.395 e. The molecule has 0 heterocycles. The highest BCUT2D eigenvalue weighted by Crippen LogP contribution is 2.35. The van der Waals surface area contributed by atoms with Crippen LogP contribution in [-0.4, -0.2) is 25.4 Å². The Balaban J connectivity index is 3.13. The lowest BCUT2D eigenvalue weighted by Gasteiger charge is -2.15. The van der Waals surface area contributed by atoms with Crippen molar-refractivity contribution in [2.75, 3.05) is 11.3 Å². The average molecular weight is 452 g/mol. The molecule has 0 spiro atoms. The maximum absolute atomic E-state index is 11.8. The standard InChI is InChI=1S/C9H10Br3NO3S/c1-5(4-14)17(15,16)13-9-7(11)2-6(10)3-8(9)12/h2-3,5,13-14H,4H2,1H3. The lowest BCUT2D eigenvalue weighted by Crippen LogP contribution is -2.28. The molecule has 1 rings (SSSR count). The second-order valence-corrected chi connectivity index (χ2v) is 8.11. The van der Waals surface area contributed by atoms with Gasteiger partial charge in [0.05, 0.1) is 12.3 Å². The number of hydrogen-bond acceptors (Lipinski definition) is 3. The molecule has 8 heteroatoms. The molecule has 4 nitrogen and oxygen atoms in total. The van der Waals surface area contributed by atoms with Crippen LogP contribution in [0.25, 0.3) is 0 Å². The third kappa shape index (κ3) is 3.92. The number of aliphatic hydroxyl groups excluding tert-OH is 1. The molecule has 1 unspecified atom stereocenters. The molecule has 0 aliphatic heterocycles. The zero-order valence-electron chi connectivity index (χ0n) is 8.75. The van der Waals surface area contributed by atoms with Crippen LogP contribution in [0.5, 0.6) is 0 Å². The van der Waals surface area contributed by atoms with Gasteiger partial charge < -0.3 is 5.11 Å². The predicted molar refractivity (Wildman–Crippen MR) is 78.6 cm³/mol. The van der Waals surface area contributed by atoms with Gasteiger partial charge in [0, 0.05) is 13.4 Å². The summed E-state index contributed by atoms with van der Waals surface area (Å²) in [5, 5.41) is 8.01. The van der Waals surface area contributed by atoms with Gasteiger partial charge >= 0.3 is 0 Å². The average Bonchev–Trinajstić information content (AvgIpc) is 2.22. The molecule has 0 aliphatic carbocycles. The number of sulfonamides is 1. The summed E-state index contributed by atoms with van der Waals surface area (Å²) < 4.78 is 28.0. The Morgan fingerprint density at radius 3 is 2.18 bits per heavy atom. The van der Waals surface area contributed by atoms with Crippen LogP contribution in [0.15, 0.2) is 25.6 Å². The SMILES string of the molecule is CC(CO)S(=O)(=O)Nc1c(Br)cc(Br)cc1Br. The zero-order chi connectivity index (χ0) is 13.2. The van der Waals surface area contributed by atoms with Crippen molar-refractivity contribution in [3.05, 3.63) is 25.6 Å². The van der Waals surface area contributed by atoms with E-state index in [-0.39, 0.29) is 0 Å². The Morgan fingerprint density at radius 2 is 1.76 bits per heavy atom. The Kier molecular flexibility index (Phi) is 5.45. The molecular formula is C9H10Br3NO3S. The fourth-order valence-corrected chi connectivity index (χ4v) is 4.60. The van der Waals surface area contributed by atoms with Crippen molar-refractivity contribution in [2.45, 2.75) is 12.2 Å². The van der Waals surface area contributed by atoms with Crippen molar-refractivity contribution in [3.63, 3.8) is 0 Å². The van der Waals surface area contributed by atoms with Gasteiger partial charge in [-0.2, -0.15) is 0 Å². The first-order chi connectivity index (χ1) is 7.77. The molecule has 0 saturated heterocycles. The van der Waals surface area contributed by atoms with E-state index in [0.29, 0.717) is 14.6 Å². The van der Waals surface area contributed by atoms with Gasteiger partial charge in [0.25, 0.3) is 0 Å². The molecule has 0 fully saturated rings. The third-order valence-electron chi connectivity index (χ3n) is 2.04. The second kappa shape index (κ2) is 6.01. The van der Waals surface area contributed by atoms with Gasteiger partial charge in [0.15, 0.2) is 0 Å². The molecular weight excluding hydrogens is 442 g/mol. The summed E-state index contributed by atoms with van der Waals surface area (Å²) in [5.74, 6) is 0. The number of nitrogens with one attached hydrogen (secondary N) is 1. The molecule has 0 radical (unpaired) electrons. The smallest absolute Gasteiger partial charge is 0.237 e. The molecule has 0 aromatic heterocycles. The van der Waals surface area contributed by atoms with Crippen LogP contribution in [0.4, 0.5) is 5.69 Å². The maximum atomic E-state index is 11.8. The van der Waals surface area contributed by atoms with Gasteiger partial charge in [-0.15, -0.1) is 0 Å². The lowest BCUT2D eigenvalue weighted by atomic mass is 10.3. The Labute approximate surface area is 125 Å². The summed E-state index contributed by atoms with van der Waals surface area (Å²) >= 11 is 9.84. The van der Waals surface area contributed by atoms with E-state index in [1.807, 2.05) is 0 Å². The van der Waals surface area contributed by atoms with Crippen LogP contribution in [0.2, 0.25) is 0 Å². The topological polar surface area (TPSA) is 66.4 Å². The van der Waals surface area contributed by atoms with E-state index in [9.17, 15) is 8.42 Å². The lowest BCUT2D eigenvalue weighted by molar-refractivity contribution is 0.296. The number of halogens is 3. The maximum Gasteiger partial charge on any atom is 0.237 e. The number of rotatable bonds is 4. The monoisotopic (exact) mass is 449 g/mol. The Hall–Kier alpha value is 0.370. The first kappa shape index (κ1) is 15.4. The summed E-state index contributed by atoms with van der Waals surface area (Å²) in [7, 11) is -3.60.